The summed E-state index contributed by atoms with van der Waals surface area (Å²) < 4.78 is 41.6. The smallest absolute Gasteiger partial charge is 0.416 e. The molecule has 0 amide bonds. The molecule has 2 aromatic rings. The Bertz CT molecular complexity index is 905. The zero-order valence-corrected chi connectivity index (χ0v) is 21.3. The monoisotopic (exact) mass is 518 g/mol. The molecule has 34 heavy (non-hydrogen) atoms. The molecule has 3 N–H and O–H groups in total. The maximum Gasteiger partial charge on any atom is 0.416 e. The zero-order valence-electron chi connectivity index (χ0n) is 19.7. The molecular formula is C24H33F3N2O3S2. The van der Waals surface area contributed by atoms with Crippen molar-refractivity contribution in [3.8, 4) is 0 Å². The summed E-state index contributed by atoms with van der Waals surface area (Å²) in [5.74, 6) is -1.06. The molecule has 0 saturated carbocycles. The van der Waals surface area contributed by atoms with Crippen LogP contribution >= 0.6 is 23.3 Å². The molecule has 0 saturated heterocycles. The Morgan fingerprint density at radius 3 is 2.59 bits per heavy atom. The van der Waals surface area contributed by atoms with Crippen molar-refractivity contribution in [2.24, 2.45) is 0 Å². The number of rotatable bonds is 14. The van der Waals surface area contributed by atoms with E-state index in [2.05, 4.69) is 30.6 Å². The average Bonchev–Trinajstić information content (AvgIpc) is 3.23. The van der Waals surface area contributed by atoms with Crippen molar-refractivity contribution < 1.29 is 28.2 Å². The van der Waals surface area contributed by atoms with E-state index in [1.54, 1.807) is 28.8 Å². The highest BCUT2D eigenvalue weighted by molar-refractivity contribution is 7.97. The summed E-state index contributed by atoms with van der Waals surface area (Å²) in [6, 6.07) is 7.78. The molecule has 1 heterocycles. The molecule has 10 heteroatoms. The van der Waals surface area contributed by atoms with E-state index in [-0.39, 0.29) is 24.9 Å². The highest BCUT2D eigenvalue weighted by Crippen LogP contribution is 2.34. The van der Waals surface area contributed by atoms with Gasteiger partial charge in [-0.25, -0.2) is 4.31 Å². The Hall–Kier alpha value is -1.59. The second-order valence-corrected chi connectivity index (χ2v) is 11.3. The van der Waals surface area contributed by atoms with Gasteiger partial charge in [0.15, 0.2) is 0 Å². The molecule has 1 aromatic carbocycles. The first-order valence-corrected chi connectivity index (χ1v) is 12.8. The minimum atomic E-state index is -4.52. The topological polar surface area (TPSA) is 72.8 Å². The van der Waals surface area contributed by atoms with Gasteiger partial charge in [-0.1, -0.05) is 6.07 Å². The Morgan fingerprint density at radius 1 is 1.24 bits per heavy atom. The van der Waals surface area contributed by atoms with Gasteiger partial charge in [-0.3, -0.25) is 4.79 Å². The number of carboxylic acids is 1. The third kappa shape index (κ3) is 10.8. The minimum Gasteiger partial charge on any atom is -0.481 e. The van der Waals surface area contributed by atoms with Crippen LogP contribution in [0, 0.1) is 0 Å². The Balaban J connectivity index is 1.86. The summed E-state index contributed by atoms with van der Waals surface area (Å²) >= 11 is 2.84. The van der Waals surface area contributed by atoms with Crippen LogP contribution in [0.1, 0.15) is 49.1 Å². The summed E-state index contributed by atoms with van der Waals surface area (Å²) in [4.78, 5) is 12.5. The van der Waals surface area contributed by atoms with Gasteiger partial charge in [-0.05, 0) is 93.7 Å². The fraction of sp³-hybridized carbons (Fsp3) is 0.542. The number of nitrogens with one attached hydrogen (secondary N) is 1. The summed E-state index contributed by atoms with van der Waals surface area (Å²) in [5.41, 5.74) is -0.637. The molecule has 0 unspecified atom stereocenters. The largest absolute Gasteiger partial charge is 0.481 e. The van der Waals surface area contributed by atoms with Crippen LogP contribution in [0.3, 0.4) is 0 Å². The van der Waals surface area contributed by atoms with Gasteiger partial charge in [-0.15, -0.1) is 11.3 Å². The Labute approximate surface area is 207 Å². The fourth-order valence-corrected chi connectivity index (χ4v) is 5.23. The van der Waals surface area contributed by atoms with Crippen LogP contribution in [0.4, 0.5) is 13.2 Å². The molecule has 0 spiro atoms. The van der Waals surface area contributed by atoms with Gasteiger partial charge in [0, 0.05) is 34.8 Å². The lowest BCUT2D eigenvalue weighted by Crippen LogP contribution is -2.45. The molecule has 0 fully saturated rings. The van der Waals surface area contributed by atoms with Crippen LogP contribution in [0.2, 0.25) is 0 Å². The molecule has 1 atom stereocenters. The van der Waals surface area contributed by atoms with Crippen LogP contribution in [0.25, 0.3) is 0 Å². The summed E-state index contributed by atoms with van der Waals surface area (Å²) in [5, 5.41) is 24.8. The van der Waals surface area contributed by atoms with Crippen molar-refractivity contribution in [3.05, 3.63) is 51.7 Å². The zero-order chi connectivity index (χ0) is 25.4. The number of nitrogens with zero attached hydrogens (tertiary/aromatic N) is 1. The van der Waals surface area contributed by atoms with Gasteiger partial charge in [0.25, 0.3) is 0 Å². The molecule has 0 aliphatic heterocycles. The lowest BCUT2D eigenvalue weighted by atomic mass is 9.96. The normalized spacial score (nSPS) is 13.4. The fourth-order valence-electron chi connectivity index (χ4n) is 3.49. The standard InChI is InChI=1S/C24H33F3N2O3S2/c1-23(2,10-4-6-20-7-5-11-33-20)28-15-19(30)16-29(3)34-21-13-17(8-9-22(31)32)12-18(14-21)24(25,26)27/h5,7,11-14,19,28,30H,4,6,8-10,15-16H2,1-3H3,(H,31,32)/t19-/m1/s1. The number of carboxylic acid groups (broad SMARTS) is 1. The van der Waals surface area contributed by atoms with Gasteiger partial charge in [0.05, 0.1) is 11.7 Å². The lowest BCUT2D eigenvalue weighted by Gasteiger charge is -2.29. The number of hydrogen-bond donors (Lipinski definition) is 3. The van der Waals surface area contributed by atoms with Crippen molar-refractivity contribution >= 4 is 29.3 Å². The second kappa shape index (κ2) is 12.9. The number of benzene rings is 1. The van der Waals surface area contributed by atoms with E-state index >= 15 is 0 Å². The van der Waals surface area contributed by atoms with Crippen LogP contribution in [-0.2, 0) is 23.8 Å². The number of likely N-dealkylation sites (N-methyl/N-ethyl adjacent to an activating group) is 1. The van der Waals surface area contributed by atoms with E-state index < -0.39 is 23.8 Å². The third-order valence-corrected chi connectivity index (χ3v) is 7.12. The van der Waals surface area contributed by atoms with Gasteiger partial charge in [0.2, 0.25) is 0 Å². The number of thiophene rings is 1. The Kier molecular flexibility index (Phi) is 10.9. The first-order chi connectivity index (χ1) is 15.8. The van der Waals surface area contributed by atoms with Gasteiger partial charge >= 0.3 is 12.1 Å². The number of aryl methyl sites for hydroxylation is 2. The van der Waals surface area contributed by atoms with Gasteiger partial charge < -0.3 is 15.5 Å². The number of alkyl halides is 3. The summed E-state index contributed by atoms with van der Waals surface area (Å²) in [7, 11) is 1.71. The highest BCUT2D eigenvalue weighted by Gasteiger charge is 2.31. The Morgan fingerprint density at radius 2 is 1.97 bits per heavy atom. The predicted molar refractivity (Wildman–Crippen MR) is 131 cm³/mol. The average molecular weight is 519 g/mol. The predicted octanol–water partition coefficient (Wildman–Crippen LogP) is 5.48. The SMILES string of the molecule is CN(C[C@H](O)CNC(C)(C)CCCc1cccs1)Sc1cc(CCC(=O)O)cc(C(F)(F)F)c1. The maximum atomic E-state index is 13.3. The summed E-state index contributed by atoms with van der Waals surface area (Å²) in [6.45, 7) is 4.80. The first-order valence-electron chi connectivity index (χ1n) is 11.1. The maximum absolute atomic E-state index is 13.3. The molecular weight excluding hydrogens is 485 g/mol. The number of aliphatic hydroxyl groups is 1. The van der Waals surface area contributed by atoms with E-state index in [0.717, 1.165) is 43.3 Å². The van der Waals surface area contributed by atoms with Crippen LogP contribution < -0.4 is 5.32 Å². The lowest BCUT2D eigenvalue weighted by molar-refractivity contribution is -0.138. The van der Waals surface area contributed by atoms with Crippen LogP contribution in [-0.4, -0.2) is 52.3 Å². The van der Waals surface area contributed by atoms with E-state index in [1.807, 2.05) is 6.07 Å². The number of aliphatic carboxylic acids is 1. The van der Waals surface area contributed by atoms with Crippen molar-refractivity contribution in [1.29, 1.82) is 0 Å². The number of β-amino-alcohol motifs (C(OH)–C–C–N with tert-alkyl or cyclic N) is 1. The van der Waals surface area contributed by atoms with Crippen LogP contribution in [0.5, 0.6) is 0 Å². The van der Waals surface area contributed by atoms with E-state index in [4.69, 9.17) is 5.11 Å². The number of aliphatic hydroxyl groups excluding tert-OH is 1. The first kappa shape index (κ1) is 28.6. The van der Waals surface area contributed by atoms with Crippen molar-refractivity contribution in [2.75, 3.05) is 20.1 Å². The summed E-state index contributed by atoms with van der Waals surface area (Å²) in [6.07, 6.45) is -2.44. The van der Waals surface area contributed by atoms with Crippen molar-refractivity contribution in [2.45, 2.75) is 68.7 Å². The minimum absolute atomic E-state index is 0.0185. The molecule has 5 nitrogen and oxygen atoms in total. The van der Waals surface area contributed by atoms with E-state index in [9.17, 15) is 23.1 Å². The third-order valence-electron chi connectivity index (χ3n) is 5.27. The molecule has 0 radical (unpaired) electrons. The van der Waals surface area contributed by atoms with Crippen molar-refractivity contribution in [3.63, 3.8) is 0 Å². The molecule has 0 aliphatic rings. The van der Waals surface area contributed by atoms with Crippen LogP contribution in [0.15, 0.2) is 40.6 Å². The molecule has 0 aliphatic carbocycles. The molecule has 190 valence electrons. The second-order valence-electron chi connectivity index (χ2n) is 9.01. The van der Waals surface area contributed by atoms with Gasteiger partial charge in [-0.2, -0.15) is 13.2 Å². The highest BCUT2D eigenvalue weighted by atomic mass is 32.2. The van der Waals surface area contributed by atoms with Gasteiger partial charge in [0.1, 0.15) is 0 Å². The molecule has 1 aromatic heterocycles. The number of halogens is 3. The quantitative estimate of drug-likeness (QED) is 0.288. The number of carbonyl (C=O) groups is 1. The van der Waals surface area contributed by atoms with Crippen molar-refractivity contribution in [1.82, 2.24) is 9.62 Å². The van der Waals surface area contributed by atoms with E-state index in [1.165, 1.54) is 4.88 Å². The van der Waals surface area contributed by atoms with E-state index in [0.29, 0.717) is 17.0 Å². The molecule has 2 rings (SSSR count). The molecule has 0 bridgehead atoms. The number of hydrogen-bond acceptors (Lipinski definition) is 6.